The molecule has 2 aromatic carbocycles. The average Bonchev–Trinajstić information content (AvgIpc) is 2.79. The largest absolute Gasteiger partial charge is 0.573 e. The highest BCUT2D eigenvalue weighted by Gasteiger charge is 2.31. The minimum atomic E-state index is -4.79. The van der Waals surface area contributed by atoms with Crippen molar-refractivity contribution in [3.63, 3.8) is 0 Å². The first kappa shape index (κ1) is 13.8. The van der Waals surface area contributed by atoms with Crippen LogP contribution in [0.15, 0.2) is 48.5 Å². The van der Waals surface area contributed by atoms with E-state index < -0.39 is 12.1 Å². The van der Waals surface area contributed by atoms with Crippen molar-refractivity contribution in [1.82, 2.24) is 0 Å². The van der Waals surface area contributed by atoms with Gasteiger partial charge in [0.2, 0.25) is 0 Å². The quantitative estimate of drug-likeness (QED) is 0.707. The SMILES string of the molecule is Oc1cc(OC(F)(F)F)cc(-c2cc3ccccc3s2)c1. The molecule has 0 atom stereocenters. The lowest BCUT2D eigenvalue weighted by Gasteiger charge is -2.10. The van der Waals surface area contributed by atoms with E-state index in [1.807, 2.05) is 30.3 Å². The first-order valence-electron chi connectivity index (χ1n) is 5.99. The summed E-state index contributed by atoms with van der Waals surface area (Å²) in [5.41, 5.74) is 0.482. The van der Waals surface area contributed by atoms with E-state index in [0.29, 0.717) is 5.56 Å². The number of ether oxygens (including phenoxy) is 1. The topological polar surface area (TPSA) is 29.5 Å². The molecule has 0 spiro atoms. The number of benzene rings is 2. The van der Waals surface area contributed by atoms with Crippen LogP contribution in [-0.4, -0.2) is 11.5 Å². The third kappa shape index (κ3) is 3.11. The van der Waals surface area contributed by atoms with Crippen LogP contribution in [0.3, 0.4) is 0 Å². The first-order valence-corrected chi connectivity index (χ1v) is 6.81. The third-order valence-electron chi connectivity index (χ3n) is 2.83. The highest BCUT2D eigenvalue weighted by atomic mass is 32.1. The lowest BCUT2D eigenvalue weighted by atomic mass is 10.1. The molecule has 21 heavy (non-hydrogen) atoms. The van der Waals surface area contributed by atoms with Crippen LogP contribution in [0.4, 0.5) is 13.2 Å². The summed E-state index contributed by atoms with van der Waals surface area (Å²) < 4.78 is 41.7. The Labute approximate surface area is 122 Å². The van der Waals surface area contributed by atoms with E-state index in [1.165, 1.54) is 23.5 Å². The van der Waals surface area contributed by atoms with Crippen molar-refractivity contribution >= 4 is 21.4 Å². The zero-order chi connectivity index (χ0) is 15.0. The Morgan fingerprint density at radius 2 is 1.76 bits per heavy atom. The van der Waals surface area contributed by atoms with Crippen molar-refractivity contribution in [3.05, 3.63) is 48.5 Å². The minimum Gasteiger partial charge on any atom is -0.508 e. The van der Waals surface area contributed by atoms with E-state index in [1.54, 1.807) is 0 Å². The second-order valence-electron chi connectivity index (χ2n) is 4.41. The summed E-state index contributed by atoms with van der Waals surface area (Å²) in [5, 5.41) is 10.6. The number of thiophene rings is 1. The summed E-state index contributed by atoms with van der Waals surface area (Å²) in [6.07, 6.45) is -4.79. The summed E-state index contributed by atoms with van der Waals surface area (Å²) >= 11 is 1.44. The standard InChI is InChI=1S/C15H9F3O2S/c16-15(17,18)20-12-6-10(5-11(19)8-12)14-7-9-3-1-2-4-13(9)21-14/h1-8,19H. The molecule has 0 saturated carbocycles. The number of fused-ring (bicyclic) bond motifs is 1. The van der Waals surface area contributed by atoms with Crippen LogP contribution >= 0.6 is 11.3 Å². The average molecular weight is 310 g/mol. The maximum atomic E-state index is 12.3. The highest BCUT2D eigenvalue weighted by Crippen LogP contribution is 2.37. The molecule has 0 aliphatic carbocycles. The fourth-order valence-electron chi connectivity index (χ4n) is 2.04. The van der Waals surface area contributed by atoms with Crippen molar-refractivity contribution in [2.75, 3.05) is 0 Å². The third-order valence-corrected chi connectivity index (χ3v) is 4.00. The predicted octanol–water partition coefficient (Wildman–Crippen LogP) is 5.17. The van der Waals surface area contributed by atoms with Gasteiger partial charge in [0.25, 0.3) is 0 Å². The van der Waals surface area contributed by atoms with Gasteiger partial charge in [0.15, 0.2) is 0 Å². The number of rotatable bonds is 2. The van der Waals surface area contributed by atoms with Gasteiger partial charge in [-0.2, -0.15) is 0 Å². The van der Waals surface area contributed by atoms with E-state index in [4.69, 9.17) is 0 Å². The normalized spacial score (nSPS) is 11.8. The maximum absolute atomic E-state index is 12.3. The molecule has 6 heteroatoms. The van der Waals surface area contributed by atoms with Crippen LogP contribution < -0.4 is 4.74 Å². The second kappa shape index (κ2) is 4.96. The zero-order valence-electron chi connectivity index (χ0n) is 10.5. The van der Waals surface area contributed by atoms with E-state index in [0.717, 1.165) is 21.0 Å². The lowest BCUT2D eigenvalue weighted by molar-refractivity contribution is -0.274. The summed E-state index contributed by atoms with van der Waals surface area (Å²) in [6.45, 7) is 0. The number of hydrogen-bond donors (Lipinski definition) is 1. The molecule has 3 rings (SSSR count). The fraction of sp³-hybridized carbons (Fsp3) is 0.0667. The molecule has 1 heterocycles. The Hall–Kier alpha value is -2.21. The van der Waals surface area contributed by atoms with Crippen molar-refractivity contribution in [2.24, 2.45) is 0 Å². The Morgan fingerprint density at radius 3 is 2.48 bits per heavy atom. The molecule has 0 saturated heterocycles. The summed E-state index contributed by atoms with van der Waals surface area (Å²) in [6, 6.07) is 13.1. The van der Waals surface area contributed by atoms with Crippen molar-refractivity contribution in [3.8, 4) is 21.9 Å². The minimum absolute atomic E-state index is 0.274. The molecule has 1 N–H and O–H groups in total. The molecule has 0 aliphatic rings. The van der Waals surface area contributed by atoms with Crippen LogP contribution in [0.1, 0.15) is 0 Å². The van der Waals surface area contributed by atoms with Gasteiger partial charge in [0, 0.05) is 15.6 Å². The molecular weight excluding hydrogens is 301 g/mol. The number of hydrogen-bond acceptors (Lipinski definition) is 3. The Kier molecular flexibility index (Phi) is 3.25. The molecule has 2 nitrogen and oxygen atoms in total. The van der Waals surface area contributed by atoms with Gasteiger partial charge in [0.1, 0.15) is 11.5 Å². The molecule has 3 aromatic rings. The van der Waals surface area contributed by atoms with E-state index in [-0.39, 0.29) is 5.75 Å². The molecule has 0 radical (unpaired) electrons. The molecule has 0 bridgehead atoms. The highest BCUT2D eigenvalue weighted by molar-refractivity contribution is 7.22. The van der Waals surface area contributed by atoms with Crippen molar-refractivity contribution < 1.29 is 23.0 Å². The van der Waals surface area contributed by atoms with Crippen LogP contribution in [-0.2, 0) is 0 Å². The van der Waals surface area contributed by atoms with E-state index >= 15 is 0 Å². The monoisotopic (exact) mass is 310 g/mol. The van der Waals surface area contributed by atoms with Crippen LogP contribution in [0, 0.1) is 0 Å². The zero-order valence-corrected chi connectivity index (χ0v) is 11.3. The molecule has 1 aromatic heterocycles. The fourth-order valence-corrected chi connectivity index (χ4v) is 3.09. The maximum Gasteiger partial charge on any atom is 0.573 e. The van der Waals surface area contributed by atoms with Gasteiger partial charge in [-0.1, -0.05) is 18.2 Å². The predicted molar refractivity (Wildman–Crippen MR) is 75.6 cm³/mol. The Balaban J connectivity index is 2.05. The lowest BCUT2D eigenvalue weighted by Crippen LogP contribution is -2.17. The number of phenols is 1. The molecule has 0 unspecified atom stereocenters. The number of alkyl halides is 3. The van der Waals surface area contributed by atoms with Gasteiger partial charge < -0.3 is 9.84 Å². The Bertz CT molecular complexity index is 760. The molecule has 108 valence electrons. The number of aromatic hydroxyl groups is 1. The van der Waals surface area contributed by atoms with Crippen LogP contribution in [0.5, 0.6) is 11.5 Å². The van der Waals surface area contributed by atoms with Gasteiger partial charge in [-0.3, -0.25) is 0 Å². The van der Waals surface area contributed by atoms with Gasteiger partial charge in [-0.15, -0.1) is 24.5 Å². The number of halogens is 3. The Morgan fingerprint density at radius 1 is 1.00 bits per heavy atom. The van der Waals surface area contributed by atoms with Gasteiger partial charge in [-0.25, -0.2) is 0 Å². The molecule has 0 amide bonds. The summed E-state index contributed by atoms with van der Waals surface area (Å²) in [4.78, 5) is 0.763. The second-order valence-corrected chi connectivity index (χ2v) is 5.50. The van der Waals surface area contributed by atoms with Crippen LogP contribution in [0.25, 0.3) is 20.5 Å². The first-order chi connectivity index (χ1) is 9.90. The van der Waals surface area contributed by atoms with Crippen molar-refractivity contribution in [1.29, 1.82) is 0 Å². The molecular formula is C15H9F3O2S. The van der Waals surface area contributed by atoms with Gasteiger partial charge in [-0.05, 0) is 35.2 Å². The van der Waals surface area contributed by atoms with E-state index in [2.05, 4.69) is 4.74 Å². The molecule has 0 fully saturated rings. The molecule has 0 aliphatic heterocycles. The van der Waals surface area contributed by atoms with E-state index in [9.17, 15) is 18.3 Å². The van der Waals surface area contributed by atoms with Crippen LogP contribution in [0.2, 0.25) is 0 Å². The van der Waals surface area contributed by atoms with Gasteiger partial charge in [0.05, 0.1) is 0 Å². The summed E-state index contributed by atoms with van der Waals surface area (Å²) in [5.74, 6) is -0.709. The van der Waals surface area contributed by atoms with Gasteiger partial charge >= 0.3 is 6.36 Å². The van der Waals surface area contributed by atoms with Crippen molar-refractivity contribution in [2.45, 2.75) is 6.36 Å². The summed E-state index contributed by atoms with van der Waals surface area (Å²) in [7, 11) is 0. The number of phenolic OH excluding ortho intramolecular Hbond substituents is 1. The smallest absolute Gasteiger partial charge is 0.508 e.